The Labute approximate surface area is 100 Å². The van der Waals surface area contributed by atoms with Gasteiger partial charge in [-0.1, -0.05) is 0 Å². The third-order valence-electron chi connectivity index (χ3n) is 2.01. The van der Waals surface area contributed by atoms with Crippen LogP contribution in [0.4, 0.5) is 35.1 Å². The fraction of sp³-hybridized carbons (Fsp3) is 0.333. The standard InChI is InChI=1S/C9H3ClF8/c10-2-3-1-4(8(13,14)15)5(9(16,17)18)7(12)6(3)11/h1H,2H2. The maximum absolute atomic E-state index is 13.1. The SMILES string of the molecule is Fc1c(CCl)cc(C(F)(F)F)c(C(F)(F)F)c1F. The van der Waals surface area contributed by atoms with Crippen LogP contribution < -0.4 is 0 Å². The molecule has 9 heteroatoms. The van der Waals surface area contributed by atoms with Crippen molar-refractivity contribution >= 4 is 11.6 Å². The lowest BCUT2D eigenvalue weighted by Crippen LogP contribution is -2.20. The molecule has 0 atom stereocenters. The van der Waals surface area contributed by atoms with Crippen molar-refractivity contribution in [2.45, 2.75) is 18.2 Å². The molecular weight excluding hydrogens is 296 g/mol. The van der Waals surface area contributed by atoms with Gasteiger partial charge in [0.2, 0.25) is 0 Å². The Morgan fingerprint density at radius 2 is 1.39 bits per heavy atom. The van der Waals surface area contributed by atoms with Crippen LogP contribution in [0.1, 0.15) is 16.7 Å². The number of hydrogen-bond acceptors (Lipinski definition) is 0. The van der Waals surface area contributed by atoms with E-state index in [1.807, 2.05) is 0 Å². The minimum Gasteiger partial charge on any atom is -0.203 e. The molecule has 0 heterocycles. The van der Waals surface area contributed by atoms with Gasteiger partial charge >= 0.3 is 12.4 Å². The fourth-order valence-electron chi connectivity index (χ4n) is 1.28. The van der Waals surface area contributed by atoms with Crippen molar-refractivity contribution in [1.82, 2.24) is 0 Å². The lowest BCUT2D eigenvalue weighted by atomic mass is 10.0. The van der Waals surface area contributed by atoms with Gasteiger partial charge in [-0.15, -0.1) is 11.6 Å². The molecule has 0 fully saturated rings. The molecule has 0 amide bonds. The molecule has 0 nitrogen and oxygen atoms in total. The van der Waals surface area contributed by atoms with Crippen LogP contribution in [0.15, 0.2) is 6.07 Å². The molecule has 0 N–H and O–H groups in total. The van der Waals surface area contributed by atoms with E-state index in [2.05, 4.69) is 0 Å². The number of benzene rings is 1. The van der Waals surface area contributed by atoms with Crippen molar-refractivity contribution in [2.75, 3.05) is 0 Å². The van der Waals surface area contributed by atoms with Crippen LogP contribution in [0.5, 0.6) is 0 Å². The van der Waals surface area contributed by atoms with Crippen molar-refractivity contribution in [3.63, 3.8) is 0 Å². The first-order valence-electron chi connectivity index (χ1n) is 4.21. The Bertz CT molecular complexity index is 459. The van der Waals surface area contributed by atoms with Gasteiger partial charge in [-0.25, -0.2) is 8.78 Å². The largest absolute Gasteiger partial charge is 0.419 e. The van der Waals surface area contributed by atoms with Crippen molar-refractivity contribution in [2.24, 2.45) is 0 Å². The Balaban J connectivity index is 3.73. The molecule has 0 aliphatic carbocycles. The Morgan fingerprint density at radius 3 is 1.72 bits per heavy atom. The van der Waals surface area contributed by atoms with Gasteiger partial charge in [-0.2, -0.15) is 26.3 Å². The van der Waals surface area contributed by atoms with Crippen molar-refractivity contribution < 1.29 is 35.1 Å². The summed E-state index contributed by atoms with van der Waals surface area (Å²) in [5, 5.41) is 0. The topological polar surface area (TPSA) is 0 Å². The summed E-state index contributed by atoms with van der Waals surface area (Å²) in [6.45, 7) is 0. The molecule has 102 valence electrons. The minimum atomic E-state index is -5.67. The maximum atomic E-state index is 13.1. The monoisotopic (exact) mass is 298 g/mol. The number of halogens is 9. The lowest BCUT2D eigenvalue weighted by molar-refractivity contribution is -0.164. The van der Waals surface area contributed by atoms with Crippen molar-refractivity contribution in [1.29, 1.82) is 0 Å². The van der Waals surface area contributed by atoms with E-state index in [9.17, 15) is 35.1 Å². The van der Waals surface area contributed by atoms with E-state index in [1.165, 1.54) is 0 Å². The molecular formula is C9H3ClF8. The average Bonchev–Trinajstić information content (AvgIpc) is 2.18. The summed E-state index contributed by atoms with van der Waals surface area (Å²) < 4.78 is 100. The first kappa shape index (κ1) is 15.0. The minimum absolute atomic E-state index is 0.145. The predicted molar refractivity (Wildman–Crippen MR) is 45.9 cm³/mol. The second-order valence-corrected chi connectivity index (χ2v) is 3.48. The Kier molecular flexibility index (Phi) is 3.81. The number of rotatable bonds is 1. The summed E-state index contributed by atoms with van der Waals surface area (Å²) in [6, 6.07) is -0.145. The molecule has 0 radical (unpaired) electrons. The zero-order valence-corrected chi connectivity index (χ0v) is 8.94. The third kappa shape index (κ3) is 2.68. The van der Waals surface area contributed by atoms with Crippen LogP contribution in [0.25, 0.3) is 0 Å². The van der Waals surface area contributed by atoms with E-state index in [4.69, 9.17) is 11.6 Å². The van der Waals surface area contributed by atoms with E-state index in [0.29, 0.717) is 0 Å². The molecule has 0 spiro atoms. The zero-order chi connectivity index (χ0) is 14.3. The molecule has 0 bridgehead atoms. The van der Waals surface area contributed by atoms with E-state index in [-0.39, 0.29) is 6.07 Å². The molecule has 0 saturated heterocycles. The quantitative estimate of drug-likeness (QED) is 0.519. The van der Waals surface area contributed by atoms with Crippen LogP contribution in [0.2, 0.25) is 0 Å². The van der Waals surface area contributed by atoms with Crippen LogP contribution >= 0.6 is 11.6 Å². The molecule has 0 unspecified atom stereocenters. The smallest absolute Gasteiger partial charge is 0.203 e. The number of alkyl halides is 7. The molecule has 0 aromatic heterocycles. The number of hydrogen-bond donors (Lipinski definition) is 0. The van der Waals surface area contributed by atoms with Crippen LogP contribution in [0.3, 0.4) is 0 Å². The second-order valence-electron chi connectivity index (χ2n) is 3.22. The average molecular weight is 299 g/mol. The van der Waals surface area contributed by atoms with Gasteiger partial charge in [0.15, 0.2) is 11.6 Å². The van der Waals surface area contributed by atoms with Crippen molar-refractivity contribution in [3.8, 4) is 0 Å². The van der Waals surface area contributed by atoms with E-state index in [1.54, 1.807) is 0 Å². The molecule has 0 aliphatic heterocycles. The van der Waals surface area contributed by atoms with Crippen molar-refractivity contribution in [3.05, 3.63) is 34.4 Å². The summed E-state index contributed by atoms with van der Waals surface area (Å²) in [6.07, 6.45) is -11.1. The van der Waals surface area contributed by atoms with Crippen LogP contribution in [-0.4, -0.2) is 0 Å². The van der Waals surface area contributed by atoms with Gasteiger partial charge in [0.05, 0.1) is 11.4 Å². The summed E-state index contributed by atoms with van der Waals surface area (Å²) in [7, 11) is 0. The van der Waals surface area contributed by atoms with E-state index < -0.39 is 46.6 Å². The molecule has 0 aliphatic rings. The van der Waals surface area contributed by atoms with E-state index >= 15 is 0 Å². The van der Waals surface area contributed by atoms with Gasteiger partial charge in [0.1, 0.15) is 5.56 Å². The summed E-state index contributed by atoms with van der Waals surface area (Å²) in [5.74, 6) is -5.53. The van der Waals surface area contributed by atoms with Gasteiger partial charge in [-0.3, -0.25) is 0 Å². The molecule has 1 aromatic carbocycles. The third-order valence-corrected chi connectivity index (χ3v) is 2.30. The first-order valence-corrected chi connectivity index (χ1v) is 4.74. The fourth-order valence-corrected chi connectivity index (χ4v) is 1.47. The zero-order valence-electron chi connectivity index (χ0n) is 8.19. The van der Waals surface area contributed by atoms with E-state index in [0.717, 1.165) is 0 Å². The molecule has 18 heavy (non-hydrogen) atoms. The Hall–Kier alpha value is -1.05. The Morgan fingerprint density at radius 1 is 0.889 bits per heavy atom. The van der Waals surface area contributed by atoms with Gasteiger partial charge in [-0.05, 0) is 6.07 Å². The summed E-state index contributed by atoms with van der Waals surface area (Å²) in [5.41, 5.74) is -5.97. The maximum Gasteiger partial charge on any atom is 0.419 e. The lowest BCUT2D eigenvalue weighted by Gasteiger charge is -2.17. The highest BCUT2D eigenvalue weighted by molar-refractivity contribution is 6.17. The first-order chi connectivity index (χ1) is 8.00. The predicted octanol–water partition coefficient (Wildman–Crippen LogP) is 4.74. The highest BCUT2D eigenvalue weighted by Gasteiger charge is 2.47. The molecule has 1 rings (SSSR count). The highest BCUT2D eigenvalue weighted by atomic mass is 35.5. The molecule has 1 aromatic rings. The van der Waals surface area contributed by atoms with Gasteiger partial charge < -0.3 is 0 Å². The van der Waals surface area contributed by atoms with Gasteiger partial charge in [0.25, 0.3) is 0 Å². The molecule has 0 saturated carbocycles. The summed E-state index contributed by atoms with van der Waals surface area (Å²) >= 11 is 5.04. The highest BCUT2D eigenvalue weighted by Crippen LogP contribution is 2.43. The second kappa shape index (κ2) is 4.56. The normalized spacial score (nSPS) is 12.9. The van der Waals surface area contributed by atoms with Crippen LogP contribution in [-0.2, 0) is 18.2 Å². The van der Waals surface area contributed by atoms with Gasteiger partial charge in [0, 0.05) is 5.56 Å². The summed E-state index contributed by atoms with van der Waals surface area (Å²) in [4.78, 5) is 0. The van der Waals surface area contributed by atoms with Crippen LogP contribution in [0, 0.1) is 11.6 Å².